The summed E-state index contributed by atoms with van der Waals surface area (Å²) in [6, 6.07) is 10.1. The average molecular weight is 331 g/mol. The van der Waals surface area contributed by atoms with Gasteiger partial charge in [0.15, 0.2) is 0 Å². The van der Waals surface area contributed by atoms with Gasteiger partial charge in [-0.25, -0.2) is 9.59 Å². The molecule has 0 unspecified atom stereocenters. The molecule has 0 radical (unpaired) electrons. The van der Waals surface area contributed by atoms with Crippen molar-refractivity contribution < 1.29 is 14.7 Å². The van der Waals surface area contributed by atoms with Gasteiger partial charge in [-0.15, -0.1) is 0 Å². The monoisotopic (exact) mass is 331 g/mol. The number of likely N-dealkylation sites (tertiary alicyclic amines) is 2. The van der Waals surface area contributed by atoms with E-state index in [2.05, 4.69) is 0 Å². The Bertz CT molecular complexity index is 591. The number of rotatable bonds is 2. The molecule has 24 heavy (non-hydrogen) atoms. The minimum Gasteiger partial charge on any atom is -0.465 e. The number of carbonyl (C=O) groups is 2. The zero-order chi connectivity index (χ0) is 17.2. The topological polar surface area (TPSA) is 64.1 Å². The highest BCUT2D eigenvalue weighted by atomic mass is 16.4. The first-order valence-corrected chi connectivity index (χ1v) is 8.61. The van der Waals surface area contributed by atoms with E-state index < -0.39 is 11.6 Å². The molecule has 0 aromatic heterocycles. The van der Waals surface area contributed by atoms with Gasteiger partial charge in [0.25, 0.3) is 0 Å². The molecule has 2 aliphatic rings. The Balaban J connectivity index is 1.88. The van der Waals surface area contributed by atoms with Crippen molar-refractivity contribution in [3.63, 3.8) is 0 Å². The Morgan fingerprint density at radius 2 is 1.58 bits per heavy atom. The molecule has 1 N–H and O–H groups in total. The van der Waals surface area contributed by atoms with Gasteiger partial charge in [0.1, 0.15) is 0 Å². The maximum Gasteiger partial charge on any atom is 0.407 e. The SMILES string of the molecule is CN(C(=O)N1CCCC1)C1(c2ccccc2)CCN(C(=O)O)CC1. The van der Waals surface area contributed by atoms with Crippen molar-refractivity contribution in [1.29, 1.82) is 0 Å². The van der Waals surface area contributed by atoms with Crippen LogP contribution in [0.2, 0.25) is 0 Å². The van der Waals surface area contributed by atoms with Crippen molar-refractivity contribution in [1.82, 2.24) is 14.7 Å². The van der Waals surface area contributed by atoms with E-state index >= 15 is 0 Å². The highest BCUT2D eigenvalue weighted by molar-refractivity contribution is 5.76. The predicted octanol–water partition coefficient (Wildman–Crippen LogP) is 2.80. The third kappa shape index (κ3) is 2.92. The number of hydrogen-bond acceptors (Lipinski definition) is 2. The number of hydrogen-bond donors (Lipinski definition) is 1. The van der Waals surface area contributed by atoms with Crippen LogP contribution in [0.1, 0.15) is 31.2 Å². The highest BCUT2D eigenvalue weighted by Crippen LogP contribution is 2.39. The largest absolute Gasteiger partial charge is 0.465 e. The van der Waals surface area contributed by atoms with Gasteiger partial charge in [-0.3, -0.25) is 0 Å². The van der Waals surface area contributed by atoms with Crippen molar-refractivity contribution in [3.8, 4) is 0 Å². The zero-order valence-electron chi connectivity index (χ0n) is 14.1. The van der Waals surface area contributed by atoms with E-state index in [1.807, 2.05) is 47.2 Å². The first kappa shape index (κ1) is 16.6. The van der Waals surface area contributed by atoms with Gasteiger partial charge in [-0.05, 0) is 31.2 Å². The van der Waals surface area contributed by atoms with E-state index in [4.69, 9.17) is 0 Å². The molecule has 3 amide bonds. The second-order valence-electron chi connectivity index (χ2n) is 6.70. The lowest BCUT2D eigenvalue weighted by Crippen LogP contribution is -2.57. The van der Waals surface area contributed by atoms with Crippen LogP contribution < -0.4 is 0 Å². The van der Waals surface area contributed by atoms with Crippen molar-refractivity contribution in [2.45, 2.75) is 31.2 Å². The van der Waals surface area contributed by atoms with E-state index in [1.165, 1.54) is 4.90 Å². The van der Waals surface area contributed by atoms with Crippen LogP contribution in [0.5, 0.6) is 0 Å². The van der Waals surface area contributed by atoms with Crippen LogP contribution in [0.25, 0.3) is 0 Å². The molecule has 0 saturated carbocycles. The lowest BCUT2D eigenvalue weighted by Gasteiger charge is -2.48. The quantitative estimate of drug-likeness (QED) is 0.906. The summed E-state index contributed by atoms with van der Waals surface area (Å²) in [6.45, 7) is 2.52. The first-order chi connectivity index (χ1) is 11.5. The van der Waals surface area contributed by atoms with Crippen LogP contribution in [0.4, 0.5) is 9.59 Å². The van der Waals surface area contributed by atoms with Crippen LogP contribution in [-0.2, 0) is 5.54 Å². The van der Waals surface area contributed by atoms with Gasteiger partial charge in [-0.2, -0.15) is 0 Å². The molecule has 0 spiro atoms. The molecular weight excluding hydrogens is 306 g/mol. The minimum atomic E-state index is -0.884. The van der Waals surface area contributed by atoms with Gasteiger partial charge in [0.05, 0.1) is 5.54 Å². The fourth-order valence-electron chi connectivity index (χ4n) is 3.94. The van der Waals surface area contributed by atoms with Crippen LogP contribution in [-0.4, -0.2) is 65.2 Å². The molecule has 2 saturated heterocycles. The highest BCUT2D eigenvalue weighted by Gasteiger charge is 2.44. The molecule has 130 valence electrons. The van der Waals surface area contributed by atoms with Crippen molar-refractivity contribution in [2.24, 2.45) is 0 Å². The summed E-state index contributed by atoms with van der Waals surface area (Å²) in [7, 11) is 1.87. The molecule has 1 aromatic rings. The number of nitrogens with zero attached hydrogens (tertiary/aromatic N) is 3. The van der Waals surface area contributed by atoms with Crippen LogP contribution in [0.3, 0.4) is 0 Å². The van der Waals surface area contributed by atoms with Crippen molar-refractivity contribution in [2.75, 3.05) is 33.2 Å². The summed E-state index contributed by atoms with van der Waals surface area (Å²) in [6.07, 6.45) is 2.49. The first-order valence-electron chi connectivity index (χ1n) is 8.61. The second kappa shape index (κ2) is 6.71. The summed E-state index contributed by atoms with van der Waals surface area (Å²) < 4.78 is 0. The van der Waals surface area contributed by atoms with E-state index in [0.29, 0.717) is 25.9 Å². The summed E-state index contributed by atoms with van der Waals surface area (Å²) in [5.74, 6) is 0. The van der Waals surface area contributed by atoms with Crippen molar-refractivity contribution in [3.05, 3.63) is 35.9 Å². The van der Waals surface area contributed by atoms with Gasteiger partial charge in [0.2, 0.25) is 0 Å². The van der Waals surface area contributed by atoms with E-state index in [0.717, 1.165) is 31.5 Å². The number of benzene rings is 1. The molecule has 2 heterocycles. The lowest BCUT2D eigenvalue weighted by molar-refractivity contribution is 0.0469. The number of urea groups is 1. The normalized spacial score (nSPS) is 20.0. The Morgan fingerprint density at radius 1 is 1.00 bits per heavy atom. The molecule has 2 fully saturated rings. The zero-order valence-corrected chi connectivity index (χ0v) is 14.1. The fraction of sp³-hybridized carbons (Fsp3) is 0.556. The van der Waals surface area contributed by atoms with Crippen LogP contribution in [0, 0.1) is 0 Å². The summed E-state index contributed by atoms with van der Waals surface area (Å²) in [4.78, 5) is 29.4. The average Bonchev–Trinajstić information content (AvgIpc) is 3.16. The number of amides is 3. The van der Waals surface area contributed by atoms with Gasteiger partial charge < -0.3 is 19.8 Å². The third-order valence-corrected chi connectivity index (χ3v) is 5.48. The summed E-state index contributed by atoms with van der Waals surface area (Å²) in [5, 5.41) is 9.24. The standard InChI is InChI=1S/C18H25N3O3/c1-19(16(22)20-11-5-6-12-20)18(15-7-3-2-4-8-15)9-13-21(14-10-18)17(23)24/h2-4,7-8H,5-6,9-14H2,1H3,(H,23,24). The third-order valence-electron chi connectivity index (χ3n) is 5.48. The Kier molecular flexibility index (Phi) is 4.64. The number of piperidine rings is 1. The van der Waals surface area contributed by atoms with E-state index in [1.54, 1.807) is 0 Å². The summed E-state index contributed by atoms with van der Waals surface area (Å²) >= 11 is 0. The minimum absolute atomic E-state index is 0.0557. The number of carbonyl (C=O) groups excluding carboxylic acids is 1. The predicted molar refractivity (Wildman–Crippen MR) is 90.9 cm³/mol. The smallest absolute Gasteiger partial charge is 0.407 e. The van der Waals surface area contributed by atoms with Crippen molar-refractivity contribution >= 4 is 12.1 Å². The van der Waals surface area contributed by atoms with Gasteiger partial charge in [0, 0.05) is 33.2 Å². The van der Waals surface area contributed by atoms with E-state index in [9.17, 15) is 14.7 Å². The molecule has 0 bridgehead atoms. The lowest BCUT2D eigenvalue weighted by atomic mass is 9.79. The number of carboxylic acid groups (broad SMARTS) is 1. The molecule has 0 atom stereocenters. The Labute approximate surface area is 142 Å². The molecular formula is C18H25N3O3. The molecule has 6 nitrogen and oxygen atoms in total. The fourth-order valence-corrected chi connectivity index (χ4v) is 3.94. The Morgan fingerprint density at radius 3 is 2.12 bits per heavy atom. The molecule has 6 heteroatoms. The maximum absolute atomic E-state index is 13.0. The van der Waals surface area contributed by atoms with Crippen LogP contribution in [0.15, 0.2) is 30.3 Å². The summed E-state index contributed by atoms with van der Waals surface area (Å²) in [5.41, 5.74) is 0.650. The van der Waals surface area contributed by atoms with E-state index in [-0.39, 0.29) is 6.03 Å². The molecule has 3 rings (SSSR count). The van der Waals surface area contributed by atoms with Gasteiger partial charge in [-0.1, -0.05) is 30.3 Å². The molecule has 2 aliphatic heterocycles. The molecule has 0 aliphatic carbocycles. The Hall–Kier alpha value is -2.24. The van der Waals surface area contributed by atoms with Gasteiger partial charge >= 0.3 is 12.1 Å². The second-order valence-corrected chi connectivity index (χ2v) is 6.70. The maximum atomic E-state index is 13.0. The van der Waals surface area contributed by atoms with Crippen LogP contribution >= 0.6 is 0 Å². The molecule has 1 aromatic carbocycles.